The molecule has 0 radical (unpaired) electrons. The van der Waals surface area contributed by atoms with Crippen LogP contribution in [0.25, 0.3) is 0 Å². The molecule has 1 aliphatic heterocycles. The number of nitrogens with zero attached hydrogens (tertiary/aromatic N) is 1. The van der Waals surface area contributed by atoms with Crippen LogP contribution in [0, 0.1) is 0 Å². The van der Waals surface area contributed by atoms with Crippen LogP contribution < -0.4 is 14.2 Å². The highest BCUT2D eigenvalue weighted by Crippen LogP contribution is 2.33. The number of ether oxygens (including phenoxy) is 3. The average molecular weight is 375 g/mol. The van der Waals surface area contributed by atoms with E-state index in [1.54, 1.807) is 19.2 Å². The Morgan fingerprint density at radius 3 is 2.50 bits per heavy atom. The first-order chi connectivity index (χ1) is 12.5. The second-order valence-electron chi connectivity index (χ2n) is 5.81. The average Bonchev–Trinajstić information content (AvgIpc) is 2.67. The summed E-state index contributed by atoms with van der Waals surface area (Å²) in [5.41, 5.74) is 0.861. The Morgan fingerprint density at radius 2 is 1.81 bits per heavy atom. The van der Waals surface area contributed by atoms with Gasteiger partial charge in [-0.2, -0.15) is 4.31 Å². The van der Waals surface area contributed by atoms with Crippen LogP contribution in [0.2, 0.25) is 0 Å². The SMILES string of the molecule is C=CCOc1ccc(CN(C)S(=O)(=O)c2ccc3c(c2)OCCO3)cc1. The lowest BCUT2D eigenvalue weighted by Gasteiger charge is -2.21. The van der Waals surface area contributed by atoms with E-state index < -0.39 is 10.0 Å². The number of hydrogen-bond acceptors (Lipinski definition) is 5. The number of hydrogen-bond donors (Lipinski definition) is 0. The van der Waals surface area contributed by atoms with E-state index in [2.05, 4.69) is 6.58 Å². The molecule has 7 heteroatoms. The Labute approximate surface area is 153 Å². The normalized spacial score (nSPS) is 13.5. The van der Waals surface area contributed by atoms with E-state index in [9.17, 15) is 8.42 Å². The Bertz CT molecular complexity index is 877. The molecule has 2 aromatic carbocycles. The van der Waals surface area contributed by atoms with Crippen molar-refractivity contribution in [3.8, 4) is 17.2 Å². The first-order valence-electron chi connectivity index (χ1n) is 8.19. The van der Waals surface area contributed by atoms with Gasteiger partial charge in [-0.1, -0.05) is 24.8 Å². The monoisotopic (exact) mass is 375 g/mol. The number of benzene rings is 2. The molecule has 0 atom stereocenters. The highest BCUT2D eigenvalue weighted by Gasteiger charge is 2.23. The van der Waals surface area contributed by atoms with Crippen LogP contribution in [0.4, 0.5) is 0 Å². The molecule has 0 aromatic heterocycles. The lowest BCUT2D eigenvalue weighted by Crippen LogP contribution is -2.26. The van der Waals surface area contributed by atoms with E-state index in [0.29, 0.717) is 37.1 Å². The summed E-state index contributed by atoms with van der Waals surface area (Å²) in [6, 6.07) is 12.0. The van der Waals surface area contributed by atoms with Crippen LogP contribution >= 0.6 is 0 Å². The smallest absolute Gasteiger partial charge is 0.243 e. The van der Waals surface area contributed by atoms with Crippen molar-refractivity contribution in [1.82, 2.24) is 4.31 Å². The summed E-state index contributed by atoms with van der Waals surface area (Å²) in [6.07, 6.45) is 1.67. The van der Waals surface area contributed by atoms with Gasteiger partial charge in [0.25, 0.3) is 0 Å². The van der Waals surface area contributed by atoms with E-state index in [0.717, 1.165) is 5.56 Å². The molecule has 0 spiro atoms. The first-order valence-corrected chi connectivity index (χ1v) is 9.63. The van der Waals surface area contributed by atoms with E-state index in [-0.39, 0.29) is 11.4 Å². The highest BCUT2D eigenvalue weighted by atomic mass is 32.2. The lowest BCUT2D eigenvalue weighted by molar-refractivity contribution is 0.171. The highest BCUT2D eigenvalue weighted by molar-refractivity contribution is 7.89. The van der Waals surface area contributed by atoms with Gasteiger partial charge < -0.3 is 14.2 Å². The van der Waals surface area contributed by atoms with Crippen molar-refractivity contribution in [2.24, 2.45) is 0 Å². The van der Waals surface area contributed by atoms with Crippen molar-refractivity contribution >= 4 is 10.0 Å². The fourth-order valence-corrected chi connectivity index (χ4v) is 3.73. The number of rotatable bonds is 7. The van der Waals surface area contributed by atoms with Crippen molar-refractivity contribution in [3.05, 3.63) is 60.7 Å². The summed E-state index contributed by atoms with van der Waals surface area (Å²) >= 11 is 0. The maximum atomic E-state index is 12.8. The third kappa shape index (κ3) is 4.00. The molecule has 1 heterocycles. The molecule has 138 valence electrons. The van der Waals surface area contributed by atoms with Crippen LogP contribution in [-0.4, -0.2) is 39.6 Å². The Hall–Kier alpha value is -2.51. The molecule has 2 aromatic rings. The van der Waals surface area contributed by atoms with Gasteiger partial charge in [0.2, 0.25) is 10.0 Å². The summed E-state index contributed by atoms with van der Waals surface area (Å²) < 4.78 is 43.3. The van der Waals surface area contributed by atoms with Crippen molar-refractivity contribution in [3.63, 3.8) is 0 Å². The summed E-state index contributed by atoms with van der Waals surface area (Å²) in [7, 11) is -2.09. The molecule has 1 aliphatic rings. The van der Waals surface area contributed by atoms with Crippen LogP contribution in [0.5, 0.6) is 17.2 Å². The molecule has 0 unspecified atom stereocenters. The molecule has 6 nitrogen and oxygen atoms in total. The summed E-state index contributed by atoms with van der Waals surface area (Å²) in [4.78, 5) is 0.176. The molecular weight excluding hydrogens is 354 g/mol. The predicted molar refractivity (Wildman–Crippen MR) is 98.2 cm³/mol. The Kier molecular flexibility index (Phi) is 5.49. The van der Waals surface area contributed by atoms with Gasteiger partial charge in [0.15, 0.2) is 11.5 Å². The largest absolute Gasteiger partial charge is 0.490 e. The molecule has 0 bridgehead atoms. The van der Waals surface area contributed by atoms with Gasteiger partial charge in [-0.15, -0.1) is 0 Å². The van der Waals surface area contributed by atoms with Crippen molar-refractivity contribution in [2.75, 3.05) is 26.9 Å². The summed E-state index contributed by atoms with van der Waals surface area (Å²) in [5.74, 6) is 1.73. The van der Waals surface area contributed by atoms with Gasteiger partial charge in [-0.3, -0.25) is 0 Å². The minimum absolute atomic E-state index is 0.176. The predicted octanol–water partition coefficient (Wildman–Crippen LogP) is 2.84. The van der Waals surface area contributed by atoms with E-state index in [1.165, 1.54) is 16.4 Å². The Balaban J connectivity index is 1.73. The Morgan fingerprint density at radius 1 is 1.12 bits per heavy atom. The quantitative estimate of drug-likeness (QED) is 0.696. The molecule has 0 saturated heterocycles. The zero-order chi connectivity index (χ0) is 18.6. The first kappa shape index (κ1) is 18.3. The van der Waals surface area contributed by atoms with Gasteiger partial charge in [-0.05, 0) is 29.8 Å². The second kappa shape index (κ2) is 7.80. The van der Waals surface area contributed by atoms with E-state index >= 15 is 0 Å². The van der Waals surface area contributed by atoms with Gasteiger partial charge in [0.1, 0.15) is 25.6 Å². The van der Waals surface area contributed by atoms with Crippen molar-refractivity contribution in [1.29, 1.82) is 0 Å². The topological polar surface area (TPSA) is 65.1 Å². The third-order valence-electron chi connectivity index (χ3n) is 3.92. The van der Waals surface area contributed by atoms with Crippen LogP contribution in [0.1, 0.15) is 5.56 Å². The molecule has 0 amide bonds. The maximum absolute atomic E-state index is 12.8. The zero-order valence-electron chi connectivity index (χ0n) is 14.6. The van der Waals surface area contributed by atoms with E-state index in [1.807, 2.05) is 24.3 Å². The third-order valence-corrected chi connectivity index (χ3v) is 5.72. The number of fused-ring (bicyclic) bond motifs is 1. The van der Waals surface area contributed by atoms with Gasteiger partial charge in [0, 0.05) is 19.7 Å². The van der Waals surface area contributed by atoms with Crippen molar-refractivity contribution < 1.29 is 22.6 Å². The maximum Gasteiger partial charge on any atom is 0.243 e. The van der Waals surface area contributed by atoms with Crippen LogP contribution in [0.15, 0.2) is 60.0 Å². The summed E-state index contributed by atoms with van der Waals surface area (Å²) in [5, 5.41) is 0. The minimum atomic E-state index is -3.64. The van der Waals surface area contributed by atoms with E-state index in [4.69, 9.17) is 14.2 Å². The molecular formula is C19H21NO5S. The fourth-order valence-electron chi connectivity index (χ4n) is 2.55. The van der Waals surface area contributed by atoms with Gasteiger partial charge in [-0.25, -0.2) is 8.42 Å². The molecule has 3 rings (SSSR count). The minimum Gasteiger partial charge on any atom is -0.490 e. The van der Waals surface area contributed by atoms with Gasteiger partial charge >= 0.3 is 0 Å². The molecule has 26 heavy (non-hydrogen) atoms. The van der Waals surface area contributed by atoms with Gasteiger partial charge in [0.05, 0.1) is 4.90 Å². The molecule has 0 saturated carbocycles. The molecule has 0 fully saturated rings. The summed E-state index contributed by atoms with van der Waals surface area (Å²) in [6.45, 7) is 5.15. The fraction of sp³-hybridized carbons (Fsp3) is 0.263. The number of sulfonamides is 1. The van der Waals surface area contributed by atoms with Crippen LogP contribution in [-0.2, 0) is 16.6 Å². The van der Waals surface area contributed by atoms with Crippen molar-refractivity contribution in [2.45, 2.75) is 11.4 Å². The lowest BCUT2D eigenvalue weighted by atomic mass is 10.2. The standard InChI is InChI=1S/C19H21NO5S/c1-3-10-23-16-6-4-15(5-7-16)14-20(2)26(21,22)17-8-9-18-19(13-17)25-12-11-24-18/h3-9,13H,1,10-12,14H2,2H3. The van der Waals surface area contributed by atoms with Crippen LogP contribution in [0.3, 0.4) is 0 Å². The second-order valence-corrected chi connectivity index (χ2v) is 7.86. The molecule has 0 N–H and O–H groups in total. The molecule has 0 aliphatic carbocycles. The zero-order valence-corrected chi connectivity index (χ0v) is 15.4.